The van der Waals surface area contributed by atoms with E-state index in [2.05, 4.69) is 15.0 Å². The molecule has 1 aliphatic rings. The Morgan fingerprint density at radius 3 is 2.63 bits per heavy atom. The van der Waals surface area contributed by atoms with E-state index in [0.717, 1.165) is 4.57 Å². The molecule has 0 saturated carbocycles. The molecule has 1 aliphatic heterocycles. The average Bonchev–Trinajstić information content (AvgIpc) is 2.82. The predicted octanol–water partition coefficient (Wildman–Crippen LogP) is -1.64. The summed E-state index contributed by atoms with van der Waals surface area (Å²) >= 11 is 0. The van der Waals surface area contributed by atoms with E-state index in [1.54, 1.807) is 0 Å². The van der Waals surface area contributed by atoms with Gasteiger partial charge in [0.25, 0.3) is 0 Å². The van der Waals surface area contributed by atoms with Crippen LogP contribution in [0.4, 0.5) is 10.6 Å². The maximum Gasteiger partial charge on any atom is 0.412 e. The molecule has 1 aromatic rings. The molecule has 0 aromatic carbocycles. The highest BCUT2D eigenvalue weighted by Crippen LogP contribution is 2.37. The Labute approximate surface area is 153 Å². The number of carbonyl (C=O) groups is 2. The number of hydrogen-bond acceptors (Lipinski definition) is 10. The molecule has 1 fully saturated rings. The summed E-state index contributed by atoms with van der Waals surface area (Å²) in [6.07, 6.45) is -3.47. The summed E-state index contributed by atoms with van der Waals surface area (Å²) < 4.78 is 15.6. The predicted molar refractivity (Wildman–Crippen MR) is 87.7 cm³/mol. The highest BCUT2D eigenvalue weighted by Gasteiger charge is 2.53. The third-order valence-electron chi connectivity index (χ3n) is 3.87. The van der Waals surface area contributed by atoms with Crippen LogP contribution in [0.15, 0.2) is 17.1 Å². The van der Waals surface area contributed by atoms with Crippen LogP contribution in [0.3, 0.4) is 0 Å². The number of aliphatic hydroxyl groups excluding tert-OH is 2. The SMILES string of the molecule is CC(=O)OCCOC(=O)Nc1ccn([C@@H]2O[C@H](CO)[C@@H](O)[C@@]2(C)O)c(=O)n1. The van der Waals surface area contributed by atoms with E-state index < -0.39 is 48.4 Å². The van der Waals surface area contributed by atoms with Gasteiger partial charge < -0.3 is 29.5 Å². The van der Waals surface area contributed by atoms with Crippen LogP contribution >= 0.6 is 0 Å². The normalized spacial score (nSPS) is 27.2. The highest BCUT2D eigenvalue weighted by molar-refractivity contribution is 5.83. The van der Waals surface area contributed by atoms with Gasteiger partial charge in [0.15, 0.2) is 6.23 Å². The lowest BCUT2D eigenvalue weighted by atomic mass is 9.96. The quantitative estimate of drug-likeness (QED) is 0.328. The molecule has 150 valence electrons. The first-order chi connectivity index (χ1) is 12.7. The molecule has 0 bridgehead atoms. The fourth-order valence-corrected chi connectivity index (χ4v) is 2.51. The number of aliphatic hydroxyl groups is 3. The van der Waals surface area contributed by atoms with Crippen LogP contribution in [0, 0.1) is 0 Å². The maximum atomic E-state index is 12.2. The van der Waals surface area contributed by atoms with Crippen LogP contribution in [0.2, 0.25) is 0 Å². The van der Waals surface area contributed by atoms with Gasteiger partial charge in [0, 0.05) is 13.1 Å². The number of esters is 1. The van der Waals surface area contributed by atoms with Crippen molar-refractivity contribution in [3.63, 3.8) is 0 Å². The first-order valence-corrected chi connectivity index (χ1v) is 8.00. The van der Waals surface area contributed by atoms with Gasteiger partial charge >= 0.3 is 17.8 Å². The zero-order valence-corrected chi connectivity index (χ0v) is 14.7. The third-order valence-corrected chi connectivity index (χ3v) is 3.87. The van der Waals surface area contributed by atoms with Crippen LogP contribution in [0.5, 0.6) is 0 Å². The molecule has 1 amide bonds. The largest absolute Gasteiger partial charge is 0.462 e. The minimum Gasteiger partial charge on any atom is -0.462 e. The second-order valence-electron chi connectivity index (χ2n) is 5.98. The summed E-state index contributed by atoms with van der Waals surface area (Å²) in [5.41, 5.74) is -2.72. The number of amides is 1. The molecule has 0 radical (unpaired) electrons. The van der Waals surface area contributed by atoms with Crippen LogP contribution in [-0.2, 0) is 19.0 Å². The fourth-order valence-electron chi connectivity index (χ4n) is 2.51. The fraction of sp³-hybridized carbons (Fsp3) is 0.600. The lowest BCUT2D eigenvalue weighted by molar-refractivity contribution is -0.141. The Morgan fingerprint density at radius 2 is 2.07 bits per heavy atom. The number of anilines is 1. The lowest BCUT2D eigenvalue weighted by Crippen LogP contribution is -2.46. The van der Waals surface area contributed by atoms with Gasteiger partial charge in [-0.05, 0) is 13.0 Å². The minimum absolute atomic E-state index is 0.111. The summed E-state index contributed by atoms with van der Waals surface area (Å²) in [4.78, 5) is 38.0. The van der Waals surface area contributed by atoms with Crippen molar-refractivity contribution in [3.8, 4) is 0 Å². The molecule has 1 saturated heterocycles. The molecule has 0 unspecified atom stereocenters. The van der Waals surface area contributed by atoms with Gasteiger partial charge in [-0.25, -0.2) is 9.59 Å². The van der Waals surface area contributed by atoms with Crippen molar-refractivity contribution in [3.05, 3.63) is 22.7 Å². The third kappa shape index (κ3) is 4.80. The Morgan fingerprint density at radius 1 is 1.41 bits per heavy atom. The first-order valence-electron chi connectivity index (χ1n) is 8.00. The lowest BCUT2D eigenvalue weighted by Gasteiger charge is -2.27. The summed E-state index contributed by atoms with van der Waals surface area (Å²) in [6.45, 7) is 1.64. The molecule has 12 heteroatoms. The molecule has 27 heavy (non-hydrogen) atoms. The van der Waals surface area contributed by atoms with Crippen LogP contribution in [-0.4, -0.2) is 74.6 Å². The second kappa shape index (κ2) is 8.43. The van der Waals surface area contributed by atoms with Crippen molar-refractivity contribution in [2.24, 2.45) is 0 Å². The Hall–Kier alpha value is -2.54. The molecule has 12 nitrogen and oxygen atoms in total. The number of hydrogen-bond donors (Lipinski definition) is 4. The van der Waals surface area contributed by atoms with Crippen LogP contribution < -0.4 is 11.0 Å². The molecule has 4 atom stereocenters. The number of carbonyl (C=O) groups excluding carboxylic acids is 2. The summed E-state index contributed by atoms with van der Waals surface area (Å²) in [5, 5.41) is 31.7. The van der Waals surface area contributed by atoms with E-state index in [4.69, 9.17) is 9.47 Å². The van der Waals surface area contributed by atoms with Crippen molar-refractivity contribution in [2.75, 3.05) is 25.1 Å². The first kappa shape index (κ1) is 20.8. The van der Waals surface area contributed by atoms with E-state index in [1.807, 2.05) is 0 Å². The van der Waals surface area contributed by atoms with Gasteiger partial charge in [0.1, 0.15) is 36.8 Å². The number of nitrogens with zero attached hydrogens (tertiary/aromatic N) is 2. The molecule has 0 aliphatic carbocycles. The molecular weight excluding hydrogens is 366 g/mol. The van der Waals surface area contributed by atoms with E-state index in [-0.39, 0.29) is 19.0 Å². The number of rotatable bonds is 6. The average molecular weight is 387 g/mol. The van der Waals surface area contributed by atoms with Gasteiger partial charge in [-0.2, -0.15) is 4.98 Å². The summed E-state index contributed by atoms with van der Waals surface area (Å²) in [7, 11) is 0. The van der Waals surface area contributed by atoms with Crippen LogP contribution in [0.25, 0.3) is 0 Å². The van der Waals surface area contributed by atoms with E-state index >= 15 is 0 Å². The zero-order valence-electron chi connectivity index (χ0n) is 14.7. The molecule has 2 heterocycles. The topological polar surface area (TPSA) is 169 Å². The molecule has 4 N–H and O–H groups in total. The van der Waals surface area contributed by atoms with E-state index in [1.165, 1.54) is 26.1 Å². The van der Waals surface area contributed by atoms with Crippen LogP contribution in [0.1, 0.15) is 20.1 Å². The van der Waals surface area contributed by atoms with Crippen molar-refractivity contribution in [1.29, 1.82) is 0 Å². The van der Waals surface area contributed by atoms with Crippen molar-refractivity contribution >= 4 is 17.9 Å². The maximum absolute atomic E-state index is 12.2. The van der Waals surface area contributed by atoms with Gasteiger partial charge in [-0.15, -0.1) is 0 Å². The summed E-state index contributed by atoms with van der Waals surface area (Å²) in [5.74, 6) is -0.631. The molecular formula is C15H21N3O9. The number of aromatic nitrogens is 2. The Balaban J connectivity index is 2.02. The van der Waals surface area contributed by atoms with Gasteiger partial charge in [-0.1, -0.05) is 0 Å². The summed E-state index contributed by atoms with van der Waals surface area (Å²) in [6, 6.07) is 1.26. The zero-order chi connectivity index (χ0) is 20.2. The Kier molecular flexibility index (Phi) is 6.49. The van der Waals surface area contributed by atoms with Gasteiger partial charge in [-0.3, -0.25) is 14.7 Å². The molecule has 2 rings (SSSR count). The van der Waals surface area contributed by atoms with E-state index in [0.29, 0.717) is 0 Å². The second-order valence-corrected chi connectivity index (χ2v) is 5.98. The monoisotopic (exact) mass is 387 g/mol. The number of nitrogens with one attached hydrogen (secondary N) is 1. The highest BCUT2D eigenvalue weighted by atomic mass is 16.6. The van der Waals surface area contributed by atoms with Crippen molar-refractivity contribution in [1.82, 2.24) is 9.55 Å². The standard InChI is InChI=1S/C15H21N3O9/c1-8(20)25-5-6-26-14(23)17-10-3-4-18(13(22)16-10)12-15(2,24)11(21)9(7-19)27-12/h3-4,9,11-12,19,21,24H,5-7H2,1-2H3,(H,16,17,22,23)/t9-,11-,12-,15-/m1/s1. The Bertz CT molecular complexity index is 748. The number of ether oxygens (including phenoxy) is 3. The van der Waals surface area contributed by atoms with Gasteiger partial charge in [0.2, 0.25) is 0 Å². The minimum atomic E-state index is -1.84. The van der Waals surface area contributed by atoms with Crippen molar-refractivity contribution in [2.45, 2.75) is 37.9 Å². The van der Waals surface area contributed by atoms with E-state index in [9.17, 15) is 29.7 Å². The van der Waals surface area contributed by atoms with Gasteiger partial charge in [0.05, 0.1) is 6.61 Å². The molecule has 1 aromatic heterocycles. The smallest absolute Gasteiger partial charge is 0.412 e. The van der Waals surface area contributed by atoms with Crippen molar-refractivity contribution < 1.29 is 39.1 Å². The molecule has 0 spiro atoms.